The third-order valence-corrected chi connectivity index (χ3v) is 4.91. The molecule has 0 aliphatic carbocycles. The van der Waals surface area contributed by atoms with Crippen molar-refractivity contribution < 1.29 is 13.5 Å². The van der Waals surface area contributed by atoms with Crippen LogP contribution in [0.4, 0.5) is 5.82 Å². The predicted molar refractivity (Wildman–Crippen MR) is 77.6 cm³/mol. The molecular weight excluding hydrogens is 334 g/mol. The number of halogens is 1. The monoisotopic (exact) mass is 351 g/mol. The van der Waals surface area contributed by atoms with Gasteiger partial charge in [-0.15, -0.1) is 0 Å². The zero-order chi connectivity index (χ0) is 14.6. The molecule has 0 saturated carbocycles. The average Bonchev–Trinajstić information content (AvgIpc) is 2.35. The number of nitrogens with zero attached hydrogens (tertiary/aromatic N) is 2. The second kappa shape index (κ2) is 6.65. The first-order valence-corrected chi connectivity index (χ1v) is 8.00. The molecule has 1 aromatic heterocycles. The Balaban J connectivity index is 3.09. The van der Waals surface area contributed by atoms with Crippen molar-refractivity contribution in [3.63, 3.8) is 0 Å². The van der Waals surface area contributed by atoms with Gasteiger partial charge in [0.05, 0.1) is 6.10 Å². The molecule has 19 heavy (non-hydrogen) atoms. The normalized spacial score (nSPS) is 13.6. The Kier molecular flexibility index (Phi) is 5.72. The summed E-state index contributed by atoms with van der Waals surface area (Å²) < 4.78 is 26.6. The minimum Gasteiger partial charge on any atom is -0.393 e. The minimum atomic E-state index is -3.63. The highest BCUT2D eigenvalue weighted by Crippen LogP contribution is 2.25. The highest BCUT2D eigenvalue weighted by atomic mass is 79.9. The Labute approximate surface area is 122 Å². The van der Waals surface area contributed by atoms with Crippen molar-refractivity contribution in [3.8, 4) is 0 Å². The Morgan fingerprint density at radius 1 is 1.58 bits per heavy atom. The van der Waals surface area contributed by atoms with E-state index >= 15 is 0 Å². The van der Waals surface area contributed by atoms with E-state index < -0.39 is 16.1 Å². The van der Waals surface area contributed by atoms with Crippen molar-refractivity contribution in [3.05, 3.63) is 16.7 Å². The summed E-state index contributed by atoms with van der Waals surface area (Å²) in [7, 11) is -0.532. The van der Waals surface area contributed by atoms with E-state index in [1.165, 1.54) is 23.6 Å². The maximum atomic E-state index is 12.4. The summed E-state index contributed by atoms with van der Waals surface area (Å²) in [5.41, 5.74) is 0. The molecule has 0 amide bonds. The van der Waals surface area contributed by atoms with Gasteiger partial charge in [-0.05, 0) is 35.3 Å². The topological polar surface area (TPSA) is 82.5 Å². The van der Waals surface area contributed by atoms with Gasteiger partial charge in [0.25, 0.3) is 0 Å². The average molecular weight is 352 g/mol. The van der Waals surface area contributed by atoms with E-state index in [4.69, 9.17) is 0 Å². The number of hydrogen-bond acceptors (Lipinski definition) is 5. The maximum absolute atomic E-state index is 12.4. The van der Waals surface area contributed by atoms with Gasteiger partial charge in [-0.1, -0.05) is 0 Å². The molecule has 1 unspecified atom stereocenters. The second-order valence-electron chi connectivity index (χ2n) is 4.21. The van der Waals surface area contributed by atoms with Crippen LogP contribution in [-0.2, 0) is 10.0 Å². The zero-order valence-electron chi connectivity index (χ0n) is 11.1. The number of aliphatic hydroxyl groups is 1. The molecule has 0 radical (unpaired) electrons. The van der Waals surface area contributed by atoms with Crippen molar-refractivity contribution in [1.29, 1.82) is 0 Å². The molecule has 0 spiro atoms. The number of nitrogens with one attached hydrogen (secondary N) is 1. The zero-order valence-corrected chi connectivity index (χ0v) is 13.5. The van der Waals surface area contributed by atoms with Gasteiger partial charge < -0.3 is 10.4 Å². The molecule has 8 heteroatoms. The minimum absolute atomic E-state index is 0.109. The summed E-state index contributed by atoms with van der Waals surface area (Å²) in [5.74, 6) is 0.298. The Hall–Kier alpha value is -0.700. The van der Waals surface area contributed by atoms with Gasteiger partial charge in [0.15, 0.2) is 0 Å². The fraction of sp³-hybridized carbons (Fsp3) is 0.545. The highest BCUT2D eigenvalue weighted by molar-refractivity contribution is 9.10. The fourth-order valence-electron chi connectivity index (χ4n) is 1.46. The van der Waals surface area contributed by atoms with Crippen molar-refractivity contribution in [2.24, 2.45) is 0 Å². The second-order valence-corrected chi connectivity index (χ2v) is 7.14. The Bertz CT molecular complexity index is 534. The van der Waals surface area contributed by atoms with E-state index in [0.29, 0.717) is 16.7 Å². The van der Waals surface area contributed by atoms with Crippen molar-refractivity contribution >= 4 is 31.8 Å². The Morgan fingerprint density at radius 2 is 2.21 bits per heavy atom. The molecule has 0 aliphatic heterocycles. The van der Waals surface area contributed by atoms with Gasteiger partial charge in [-0.3, -0.25) is 0 Å². The van der Waals surface area contributed by atoms with Crippen LogP contribution >= 0.6 is 15.9 Å². The number of aliphatic hydroxyl groups excluding tert-OH is 1. The number of pyridine rings is 1. The van der Waals surface area contributed by atoms with Gasteiger partial charge >= 0.3 is 0 Å². The van der Waals surface area contributed by atoms with Crippen LogP contribution in [0.5, 0.6) is 0 Å². The molecule has 0 saturated heterocycles. The van der Waals surface area contributed by atoms with Gasteiger partial charge in [0.2, 0.25) is 10.0 Å². The SMILES string of the molecule is CNc1ncc(Br)cc1S(=O)(=O)N(C)CCC(C)O. The Morgan fingerprint density at radius 3 is 2.74 bits per heavy atom. The summed E-state index contributed by atoms with van der Waals surface area (Å²) in [6.45, 7) is 1.87. The summed E-state index contributed by atoms with van der Waals surface area (Å²) in [6, 6.07) is 1.51. The molecule has 108 valence electrons. The van der Waals surface area contributed by atoms with E-state index in [2.05, 4.69) is 26.2 Å². The van der Waals surface area contributed by atoms with Gasteiger partial charge in [-0.2, -0.15) is 0 Å². The van der Waals surface area contributed by atoms with Gasteiger partial charge in [-0.25, -0.2) is 17.7 Å². The van der Waals surface area contributed by atoms with Crippen LogP contribution in [0.2, 0.25) is 0 Å². The quantitative estimate of drug-likeness (QED) is 0.806. The van der Waals surface area contributed by atoms with Crippen molar-refractivity contribution in [2.45, 2.75) is 24.3 Å². The number of aromatic nitrogens is 1. The lowest BCUT2D eigenvalue weighted by molar-refractivity contribution is 0.177. The first-order chi connectivity index (χ1) is 8.78. The van der Waals surface area contributed by atoms with Crippen LogP contribution in [0, 0.1) is 0 Å². The molecule has 6 nitrogen and oxygen atoms in total. The molecular formula is C11H18BrN3O3S. The third-order valence-electron chi connectivity index (χ3n) is 2.61. The van der Waals surface area contributed by atoms with E-state index in [0.717, 1.165) is 0 Å². The van der Waals surface area contributed by atoms with E-state index in [9.17, 15) is 13.5 Å². The van der Waals surface area contributed by atoms with E-state index in [1.54, 1.807) is 14.0 Å². The lowest BCUT2D eigenvalue weighted by Crippen LogP contribution is -2.30. The lowest BCUT2D eigenvalue weighted by atomic mass is 10.3. The maximum Gasteiger partial charge on any atom is 0.246 e. The van der Waals surface area contributed by atoms with Crippen LogP contribution in [0.1, 0.15) is 13.3 Å². The third kappa shape index (κ3) is 4.13. The fourth-order valence-corrected chi connectivity index (χ4v) is 3.30. The first kappa shape index (κ1) is 16.4. The van der Waals surface area contributed by atoms with Gasteiger partial charge in [0.1, 0.15) is 10.7 Å². The van der Waals surface area contributed by atoms with Crippen molar-refractivity contribution in [1.82, 2.24) is 9.29 Å². The van der Waals surface area contributed by atoms with Crippen LogP contribution < -0.4 is 5.32 Å². The summed E-state index contributed by atoms with van der Waals surface area (Å²) >= 11 is 3.22. The highest BCUT2D eigenvalue weighted by Gasteiger charge is 2.25. The molecule has 0 bridgehead atoms. The van der Waals surface area contributed by atoms with Crippen LogP contribution in [0.3, 0.4) is 0 Å². The molecule has 0 aromatic carbocycles. The lowest BCUT2D eigenvalue weighted by Gasteiger charge is -2.19. The molecule has 1 aromatic rings. The largest absolute Gasteiger partial charge is 0.393 e. The number of rotatable bonds is 6. The molecule has 0 fully saturated rings. The molecule has 1 atom stereocenters. The van der Waals surface area contributed by atoms with Crippen molar-refractivity contribution in [2.75, 3.05) is 26.0 Å². The van der Waals surface area contributed by atoms with Crippen LogP contribution in [-0.4, -0.2) is 49.6 Å². The number of sulfonamides is 1. The van der Waals surface area contributed by atoms with Gasteiger partial charge in [0, 0.05) is 31.3 Å². The summed E-state index contributed by atoms with van der Waals surface area (Å²) in [6.07, 6.45) is 1.37. The van der Waals surface area contributed by atoms with Crippen LogP contribution in [0.15, 0.2) is 21.6 Å². The predicted octanol–water partition coefficient (Wildman–Crippen LogP) is 1.28. The molecule has 1 heterocycles. The number of anilines is 1. The first-order valence-electron chi connectivity index (χ1n) is 5.76. The summed E-state index contributed by atoms with van der Waals surface area (Å²) in [5, 5.41) is 12.0. The molecule has 1 rings (SSSR count). The standard InChI is InChI=1S/C11H18BrN3O3S/c1-8(16)4-5-15(3)19(17,18)10-6-9(12)7-14-11(10)13-2/h6-8,16H,4-5H2,1-3H3,(H,13,14). The smallest absolute Gasteiger partial charge is 0.246 e. The van der Waals surface area contributed by atoms with E-state index in [-0.39, 0.29) is 11.4 Å². The molecule has 0 aliphatic rings. The van der Waals surface area contributed by atoms with E-state index in [1.807, 2.05) is 0 Å². The summed E-state index contributed by atoms with van der Waals surface area (Å²) in [4.78, 5) is 4.14. The van der Waals surface area contributed by atoms with Crippen LogP contribution in [0.25, 0.3) is 0 Å². The molecule has 2 N–H and O–H groups in total. The number of hydrogen-bond donors (Lipinski definition) is 2.